The molecule has 2 radical (unpaired) electrons. The number of azide groups is 1. The lowest BCUT2D eigenvalue weighted by molar-refractivity contribution is 1.82. The first-order valence-electron chi connectivity index (χ1n) is 0.600. The van der Waals surface area contributed by atoms with E-state index in [4.69, 9.17) is 5.53 Å². The molecule has 20 valence electrons. The molecule has 0 aliphatic heterocycles. The van der Waals surface area contributed by atoms with Crippen molar-refractivity contribution in [3.63, 3.8) is 0 Å². The average Bonchev–Trinajstić information content (AvgIpc) is 1.37. The third-order valence-corrected chi connectivity index (χ3v) is 0.120. The summed E-state index contributed by atoms with van der Waals surface area (Å²) in [5.41, 5.74) is 7.26. The normalized spacial score (nSPS) is 4.25. The van der Waals surface area contributed by atoms with Crippen molar-refractivity contribution in [1.29, 1.82) is 0 Å². The molecule has 0 saturated carbocycles. The zero-order chi connectivity index (χ0) is 3.41. The molecule has 0 heterocycles. The Morgan fingerprint density at radius 1 is 2.00 bits per heavy atom. The van der Waals surface area contributed by atoms with Crippen LogP contribution in [0.15, 0.2) is 4.88 Å². The van der Waals surface area contributed by atoms with Crippen molar-refractivity contribution in [3.8, 4) is 0 Å². The second-order valence-corrected chi connectivity index (χ2v) is 0.358. The Hall–Kier alpha value is -0.260. The predicted molar refractivity (Wildman–Crippen MR) is 16.1 cm³/mol. The summed E-state index contributed by atoms with van der Waals surface area (Å²) in [6.07, 6.45) is 0. The van der Waals surface area contributed by atoms with E-state index in [2.05, 4.69) is 19.2 Å². The maximum Gasteiger partial charge on any atom is 0.0597 e. The SMILES string of the molecule is [N-]=[N+]=N[P]. The van der Waals surface area contributed by atoms with Crippen molar-refractivity contribution in [1.82, 2.24) is 0 Å². The van der Waals surface area contributed by atoms with E-state index in [9.17, 15) is 0 Å². The molecule has 0 rings (SSSR count). The number of rotatable bonds is 0. The molecule has 0 aromatic heterocycles. The summed E-state index contributed by atoms with van der Waals surface area (Å²) in [6, 6.07) is 0. The Balaban J connectivity index is 3.11. The molecule has 3 nitrogen and oxygen atoms in total. The zero-order valence-electron chi connectivity index (χ0n) is 1.79. The van der Waals surface area contributed by atoms with Crippen LogP contribution in [0, 0.1) is 0 Å². The van der Waals surface area contributed by atoms with Crippen molar-refractivity contribution in [2.45, 2.75) is 0 Å². The van der Waals surface area contributed by atoms with E-state index in [1.54, 1.807) is 0 Å². The molecule has 0 fully saturated rings. The summed E-state index contributed by atoms with van der Waals surface area (Å²) in [7, 11) is 3.13. The van der Waals surface area contributed by atoms with E-state index < -0.39 is 0 Å². The molecule has 0 aliphatic carbocycles. The molecule has 0 aliphatic rings. The maximum absolute atomic E-state index is 7.26. The highest BCUT2D eigenvalue weighted by Gasteiger charge is 1.30. The number of nitrogens with zero attached hydrogens (tertiary/aromatic N) is 3. The highest BCUT2D eigenvalue weighted by Crippen LogP contribution is 1.75. The van der Waals surface area contributed by atoms with E-state index in [0.29, 0.717) is 0 Å². The molecular weight excluding hydrogens is 73.0 g/mol. The topological polar surface area (TPSA) is 48.8 Å². The van der Waals surface area contributed by atoms with Crippen LogP contribution in [0.1, 0.15) is 0 Å². The summed E-state index contributed by atoms with van der Waals surface area (Å²) in [5, 5.41) is 0. The van der Waals surface area contributed by atoms with Crippen LogP contribution in [0.4, 0.5) is 0 Å². The third-order valence-electron chi connectivity index (χ3n) is 0.0400. The van der Waals surface area contributed by atoms with Crippen LogP contribution in [-0.4, -0.2) is 0 Å². The first kappa shape index (κ1) is 3.74. The van der Waals surface area contributed by atoms with E-state index in [0.717, 1.165) is 0 Å². The monoisotopic (exact) mass is 73.0 g/mol. The van der Waals surface area contributed by atoms with Gasteiger partial charge in [-0.05, 0) is 5.53 Å². The summed E-state index contributed by atoms with van der Waals surface area (Å²) in [5.74, 6) is 0. The Morgan fingerprint density at radius 2 is 2.25 bits per heavy atom. The number of hydrogen-bond donors (Lipinski definition) is 0. The van der Waals surface area contributed by atoms with Gasteiger partial charge in [0.2, 0.25) is 0 Å². The van der Waals surface area contributed by atoms with Crippen LogP contribution in [0.5, 0.6) is 0 Å². The first-order chi connectivity index (χ1) is 1.91. The average molecular weight is 73.0 g/mol. The van der Waals surface area contributed by atoms with E-state index in [1.807, 2.05) is 0 Å². The smallest absolute Gasteiger partial charge is 0.0597 e. The molecule has 0 atom stereocenters. The van der Waals surface area contributed by atoms with Crippen LogP contribution in [0.2, 0.25) is 0 Å². The van der Waals surface area contributed by atoms with Gasteiger partial charge >= 0.3 is 0 Å². The van der Waals surface area contributed by atoms with Crippen molar-refractivity contribution in [2.75, 3.05) is 0 Å². The Kier molecular flexibility index (Phi) is 2.56. The fourth-order valence-corrected chi connectivity index (χ4v) is 0. The lowest BCUT2D eigenvalue weighted by Gasteiger charge is -1.32. The van der Waals surface area contributed by atoms with Gasteiger partial charge in [0.15, 0.2) is 0 Å². The van der Waals surface area contributed by atoms with E-state index in [1.165, 1.54) is 0 Å². The second kappa shape index (κ2) is 2.74. The van der Waals surface area contributed by atoms with E-state index in [-0.39, 0.29) is 0 Å². The molecule has 4 heavy (non-hydrogen) atoms. The summed E-state index contributed by atoms with van der Waals surface area (Å²) in [4.78, 5) is 4.84. The lowest BCUT2D eigenvalue weighted by atomic mass is 13.0. The van der Waals surface area contributed by atoms with Gasteiger partial charge in [-0.3, -0.25) is 0 Å². The minimum Gasteiger partial charge on any atom is -0.0621 e. The summed E-state index contributed by atoms with van der Waals surface area (Å²) in [6.45, 7) is 0. The standard InChI is InChI=1S/N3P/c1-2-3-4. The maximum atomic E-state index is 7.26. The summed E-state index contributed by atoms with van der Waals surface area (Å²) < 4.78 is 0. The van der Waals surface area contributed by atoms with Crippen molar-refractivity contribution in [3.05, 3.63) is 10.4 Å². The van der Waals surface area contributed by atoms with Gasteiger partial charge < -0.3 is 0 Å². The summed E-state index contributed by atoms with van der Waals surface area (Å²) >= 11 is 0. The van der Waals surface area contributed by atoms with Crippen molar-refractivity contribution < 1.29 is 0 Å². The highest BCUT2D eigenvalue weighted by atomic mass is 31.0. The minimum atomic E-state index is 2.23. The number of hydrogen-bond acceptors (Lipinski definition) is 1. The quantitative estimate of drug-likeness (QED) is 0.181. The largest absolute Gasteiger partial charge is 0.0621 e. The molecule has 0 aromatic carbocycles. The Labute approximate surface area is 25.9 Å². The Bertz CT molecular complexity index is 41.2. The molecule has 4 heteroatoms. The highest BCUT2D eigenvalue weighted by molar-refractivity contribution is 7.14. The van der Waals surface area contributed by atoms with Crippen LogP contribution in [0.3, 0.4) is 0 Å². The molecule has 0 bridgehead atoms. The van der Waals surface area contributed by atoms with Gasteiger partial charge in [0.05, 0.1) is 9.39 Å². The second-order valence-electron chi connectivity index (χ2n) is 0.179. The molecule has 0 amide bonds. The molecule has 0 spiro atoms. The van der Waals surface area contributed by atoms with Crippen LogP contribution < -0.4 is 0 Å². The third kappa shape index (κ3) is 1.74. The van der Waals surface area contributed by atoms with Gasteiger partial charge in [-0.2, -0.15) is 0 Å². The molecule has 0 saturated heterocycles. The minimum absolute atomic E-state index is 2.23. The fraction of sp³-hybridized carbons (Fsp3) is 0. The molecular formula is N3P. The predicted octanol–water partition coefficient (Wildman–Crippen LogP) is 1.62. The van der Waals surface area contributed by atoms with Gasteiger partial charge in [-0.25, -0.2) is 0 Å². The van der Waals surface area contributed by atoms with Gasteiger partial charge in [-0.15, -0.1) is 0 Å². The Morgan fingerprint density at radius 3 is 2.25 bits per heavy atom. The van der Waals surface area contributed by atoms with Crippen LogP contribution in [0.25, 0.3) is 10.4 Å². The first-order valence-corrected chi connectivity index (χ1v) is 1.00. The van der Waals surface area contributed by atoms with Gasteiger partial charge in [-0.1, -0.05) is 4.88 Å². The molecule has 0 N–H and O–H groups in total. The van der Waals surface area contributed by atoms with Crippen molar-refractivity contribution >= 4 is 9.39 Å². The lowest BCUT2D eigenvalue weighted by Crippen LogP contribution is -0.957. The van der Waals surface area contributed by atoms with E-state index >= 15 is 0 Å². The van der Waals surface area contributed by atoms with Gasteiger partial charge in [0.25, 0.3) is 0 Å². The van der Waals surface area contributed by atoms with Gasteiger partial charge in [0.1, 0.15) is 0 Å². The van der Waals surface area contributed by atoms with Crippen LogP contribution >= 0.6 is 9.39 Å². The van der Waals surface area contributed by atoms with Gasteiger partial charge in [0, 0.05) is 4.91 Å². The molecule has 0 aromatic rings. The van der Waals surface area contributed by atoms with Crippen LogP contribution in [-0.2, 0) is 0 Å². The zero-order valence-corrected chi connectivity index (χ0v) is 2.68. The fourth-order valence-electron chi connectivity index (χ4n) is 0. The molecule has 0 unspecified atom stereocenters. The van der Waals surface area contributed by atoms with Crippen molar-refractivity contribution in [2.24, 2.45) is 4.88 Å².